The summed E-state index contributed by atoms with van der Waals surface area (Å²) in [5.74, 6) is 0. The Morgan fingerprint density at radius 3 is 1.91 bits per heavy atom. The van der Waals surface area contributed by atoms with Crippen LogP contribution in [0.3, 0.4) is 0 Å². The Kier molecular flexibility index (Phi) is 7.25. The normalized spacial score (nSPS) is 14.1. The van der Waals surface area contributed by atoms with E-state index in [1.54, 1.807) is 0 Å². The van der Waals surface area contributed by atoms with Gasteiger partial charge in [0.1, 0.15) is 19.1 Å². The first-order valence-corrected chi connectivity index (χ1v) is 9.13. The Hall–Kier alpha value is -0.900. The summed E-state index contributed by atoms with van der Waals surface area (Å²) in [6.07, 6.45) is 2.38. The summed E-state index contributed by atoms with van der Waals surface area (Å²) in [7, 11) is 0. The van der Waals surface area contributed by atoms with Crippen molar-refractivity contribution < 1.29 is 16.8 Å². The topological polar surface area (TPSA) is 71.9 Å². The Balaban J connectivity index is 2.81. The van der Waals surface area contributed by atoms with Gasteiger partial charge in [-0.3, -0.25) is 0 Å². The Bertz CT molecular complexity index is 448. The minimum atomic E-state index is 0.193. The fourth-order valence-electron chi connectivity index (χ4n) is 2.71. The molecule has 1 rings (SSSR count). The molecule has 1 aromatic carbocycles. The predicted octanol–water partition coefficient (Wildman–Crippen LogP) is 0.978. The second-order valence-electron chi connectivity index (χ2n) is 9.01. The lowest BCUT2D eigenvalue weighted by molar-refractivity contribution is -0.694. The monoisotopic (exact) mass is 322 g/mol. The van der Waals surface area contributed by atoms with Crippen molar-refractivity contribution in [3.8, 4) is 0 Å². The van der Waals surface area contributed by atoms with Crippen molar-refractivity contribution >= 4 is 0 Å². The lowest BCUT2D eigenvalue weighted by Gasteiger charge is -2.26. The van der Waals surface area contributed by atoms with Gasteiger partial charge in [0.25, 0.3) is 0 Å². The third-order valence-electron chi connectivity index (χ3n) is 4.47. The standard InChI is InChI=1S/C20H37N3/c1-19(2,3)16-10-15(11-17(12-16)20(4,5)6)13-23-14-18(22)8-7-9-21/h10-12,18,23H,7-9,13-14,21-22H2,1-6H3/p+3/t18-/m0/s1. The van der Waals surface area contributed by atoms with E-state index in [0.29, 0.717) is 6.04 Å². The molecular formula is C20H40N3+3. The van der Waals surface area contributed by atoms with E-state index in [1.165, 1.54) is 29.5 Å². The van der Waals surface area contributed by atoms with E-state index in [0.717, 1.165) is 19.6 Å². The third kappa shape index (κ3) is 7.03. The van der Waals surface area contributed by atoms with E-state index in [-0.39, 0.29) is 10.8 Å². The molecule has 0 bridgehead atoms. The Morgan fingerprint density at radius 2 is 1.48 bits per heavy atom. The van der Waals surface area contributed by atoms with Crippen LogP contribution in [0.4, 0.5) is 0 Å². The third-order valence-corrected chi connectivity index (χ3v) is 4.47. The number of rotatable bonds is 7. The molecule has 0 radical (unpaired) electrons. The van der Waals surface area contributed by atoms with Crippen molar-refractivity contribution in [3.63, 3.8) is 0 Å². The van der Waals surface area contributed by atoms with E-state index in [1.807, 2.05) is 0 Å². The lowest BCUT2D eigenvalue weighted by atomic mass is 9.79. The molecule has 0 aliphatic heterocycles. The minimum Gasteiger partial charge on any atom is -0.358 e. The maximum Gasteiger partial charge on any atom is 0.134 e. The molecule has 1 atom stereocenters. The molecule has 0 fully saturated rings. The molecule has 3 nitrogen and oxygen atoms in total. The highest BCUT2D eigenvalue weighted by atomic mass is 14.9. The van der Waals surface area contributed by atoms with Crippen LogP contribution in [-0.4, -0.2) is 19.1 Å². The maximum atomic E-state index is 4.26. The zero-order valence-electron chi connectivity index (χ0n) is 16.3. The van der Waals surface area contributed by atoms with Crippen molar-refractivity contribution in [2.24, 2.45) is 0 Å². The summed E-state index contributed by atoms with van der Waals surface area (Å²) in [5.41, 5.74) is 12.9. The summed E-state index contributed by atoms with van der Waals surface area (Å²) in [5, 5.41) is 2.41. The van der Waals surface area contributed by atoms with Gasteiger partial charge in [-0.05, 0) is 34.1 Å². The number of benzene rings is 1. The molecule has 3 heteroatoms. The molecule has 0 aliphatic carbocycles. The fourth-order valence-corrected chi connectivity index (χ4v) is 2.71. The van der Waals surface area contributed by atoms with Crippen LogP contribution in [0.5, 0.6) is 0 Å². The van der Waals surface area contributed by atoms with E-state index >= 15 is 0 Å². The summed E-state index contributed by atoms with van der Waals surface area (Å²) >= 11 is 0. The van der Waals surface area contributed by atoms with Gasteiger partial charge in [0.15, 0.2) is 0 Å². The van der Waals surface area contributed by atoms with Crippen LogP contribution in [0.15, 0.2) is 18.2 Å². The van der Waals surface area contributed by atoms with Crippen molar-refractivity contribution in [2.75, 3.05) is 13.1 Å². The van der Waals surface area contributed by atoms with Crippen molar-refractivity contribution in [1.29, 1.82) is 0 Å². The van der Waals surface area contributed by atoms with Gasteiger partial charge in [-0.1, -0.05) is 47.6 Å². The first kappa shape index (κ1) is 20.1. The molecule has 0 aromatic heterocycles. The highest BCUT2D eigenvalue weighted by Gasteiger charge is 2.21. The second-order valence-corrected chi connectivity index (χ2v) is 9.01. The molecule has 23 heavy (non-hydrogen) atoms. The zero-order chi connectivity index (χ0) is 17.7. The fraction of sp³-hybridized carbons (Fsp3) is 0.700. The summed E-state index contributed by atoms with van der Waals surface area (Å²) in [6.45, 7) is 17.0. The lowest BCUT2D eigenvalue weighted by Crippen LogP contribution is -2.89. The molecule has 8 N–H and O–H groups in total. The molecule has 0 saturated carbocycles. The average molecular weight is 323 g/mol. The Morgan fingerprint density at radius 1 is 0.957 bits per heavy atom. The van der Waals surface area contributed by atoms with Crippen LogP contribution in [0.2, 0.25) is 0 Å². The number of nitrogens with two attached hydrogens (primary N) is 1. The van der Waals surface area contributed by atoms with Crippen molar-refractivity contribution in [3.05, 3.63) is 34.9 Å². The smallest absolute Gasteiger partial charge is 0.134 e. The first-order valence-electron chi connectivity index (χ1n) is 9.13. The second kappa shape index (κ2) is 8.27. The van der Waals surface area contributed by atoms with E-state index in [4.69, 9.17) is 0 Å². The van der Waals surface area contributed by atoms with E-state index in [9.17, 15) is 0 Å². The highest BCUT2D eigenvalue weighted by molar-refractivity contribution is 5.37. The van der Waals surface area contributed by atoms with E-state index in [2.05, 4.69) is 76.5 Å². The largest absolute Gasteiger partial charge is 0.358 e. The van der Waals surface area contributed by atoms with Gasteiger partial charge in [0.05, 0.1) is 6.54 Å². The molecule has 0 amide bonds. The summed E-state index contributed by atoms with van der Waals surface area (Å²) in [6, 6.07) is 7.70. The van der Waals surface area contributed by atoms with Crippen LogP contribution in [-0.2, 0) is 17.4 Å². The maximum absolute atomic E-state index is 4.26. The molecule has 132 valence electrons. The van der Waals surface area contributed by atoms with Crippen molar-refractivity contribution in [1.82, 2.24) is 0 Å². The van der Waals surface area contributed by atoms with Gasteiger partial charge in [-0.15, -0.1) is 0 Å². The Labute approximate surface area is 143 Å². The van der Waals surface area contributed by atoms with Crippen LogP contribution in [0, 0.1) is 0 Å². The molecule has 0 heterocycles. The quantitative estimate of drug-likeness (QED) is 0.670. The van der Waals surface area contributed by atoms with Crippen LogP contribution in [0.1, 0.15) is 71.1 Å². The van der Waals surface area contributed by atoms with E-state index < -0.39 is 0 Å². The SMILES string of the molecule is CC(C)(C)c1cc(C[NH2+]C[C@@H]([NH3+])CCC[NH3+])cc(C(C)(C)C)c1. The molecule has 0 aliphatic rings. The number of hydrogen-bond acceptors (Lipinski definition) is 0. The van der Waals surface area contributed by atoms with Gasteiger partial charge < -0.3 is 16.8 Å². The summed E-state index contributed by atoms with van der Waals surface area (Å²) in [4.78, 5) is 0. The molecule has 0 spiro atoms. The van der Waals surface area contributed by atoms with Crippen molar-refractivity contribution in [2.45, 2.75) is 77.8 Å². The number of hydrogen-bond donors (Lipinski definition) is 3. The predicted molar refractivity (Wildman–Crippen MR) is 98.0 cm³/mol. The van der Waals surface area contributed by atoms with Crippen LogP contribution in [0.25, 0.3) is 0 Å². The van der Waals surface area contributed by atoms with Crippen LogP contribution >= 0.6 is 0 Å². The highest BCUT2D eigenvalue weighted by Crippen LogP contribution is 2.30. The summed E-state index contributed by atoms with van der Waals surface area (Å²) < 4.78 is 0. The van der Waals surface area contributed by atoms with Gasteiger partial charge in [0, 0.05) is 18.4 Å². The van der Waals surface area contributed by atoms with Crippen LogP contribution < -0.4 is 16.8 Å². The van der Waals surface area contributed by atoms with Gasteiger partial charge >= 0.3 is 0 Å². The minimum absolute atomic E-state index is 0.193. The van der Waals surface area contributed by atoms with Gasteiger partial charge in [0.2, 0.25) is 0 Å². The molecule has 0 unspecified atom stereocenters. The average Bonchev–Trinajstić information content (AvgIpc) is 2.43. The number of quaternary nitrogens is 3. The van der Waals surface area contributed by atoms with Gasteiger partial charge in [-0.25, -0.2) is 0 Å². The molecule has 1 aromatic rings. The van der Waals surface area contributed by atoms with Gasteiger partial charge in [-0.2, -0.15) is 0 Å². The zero-order valence-corrected chi connectivity index (χ0v) is 16.3. The molecule has 0 saturated heterocycles. The first-order chi connectivity index (χ1) is 10.5. The molecular weight excluding hydrogens is 282 g/mol.